The first-order valence-corrected chi connectivity index (χ1v) is 25.1. The van der Waals surface area contributed by atoms with E-state index in [1.807, 2.05) is 6.20 Å². The summed E-state index contributed by atoms with van der Waals surface area (Å²) in [7, 11) is 0. The SMILES string of the molecule is [C-]#[N+]c1ccc(O)c(-c2nc3c(-c4[c-]c(-c5cc(-c6ccc7c8ccccc8n(-c8cccc(-c9ccccc9)c8)c7c6)ccn5)cc(C(C)(C)C)c4)cccc3n2-c2cc(C(C)(C)C)cc(C(C)(C)C)c2)c1.[Pt]. The number of benzene rings is 8. The van der Waals surface area contributed by atoms with Crippen molar-refractivity contribution in [2.24, 2.45) is 0 Å². The van der Waals surface area contributed by atoms with Crippen LogP contribution >= 0.6 is 0 Å². The summed E-state index contributed by atoms with van der Waals surface area (Å²) in [5.74, 6) is 0.610. The van der Waals surface area contributed by atoms with Gasteiger partial charge in [-0.05, 0) is 110 Å². The van der Waals surface area contributed by atoms with E-state index in [4.69, 9.17) is 16.5 Å². The third kappa shape index (κ3) is 9.16. The Hall–Kier alpha value is -7.84. The van der Waals surface area contributed by atoms with Crippen LogP contribution in [-0.2, 0) is 37.3 Å². The zero-order valence-electron chi connectivity index (χ0n) is 43.3. The molecule has 0 aliphatic heterocycles. The van der Waals surface area contributed by atoms with E-state index in [0.29, 0.717) is 17.1 Å². The van der Waals surface area contributed by atoms with Crippen LogP contribution in [0.1, 0.15) is 79.0 Å². The molecule has 3 aromatic heterocycles. The molecule has 0 bridgehead atoms. The van der Waals surface area contributed by atoms with Crippen LogP contribution in [0.2, 0.25) is 0 Å². The van der Waals surface area contributed by atoms with Crippen molar-refractivity contribution >= 4 is 38.5 Å². The smallest absolute Gasteiger partial charge is 0.188 e. The molecule has 11 aromatic rings. The second-order valence-corrected chi connectivity index (χ2v) is 22.4. The Labute approximate surface area is 449 Å². The van der Waals surface area contributed by atoms with Crippen molar-refractivity contribution in [3.8, 4) is 73.2 Å². The average Bonchev–Trinajstić information content (AvgIpc) is 3.94. The molecule has 3 heterocycles. The molecule has 0 atom stereocenters. The number of aromatic nitrogens is 4. The van der Waals surface area contributed by atoms with E-state index in [1.54, 1.807) is 18.2 Å². The standard InChI is InChI=1S/C67H58N5O.Pt/c1-65(2,3)48-33-46(54-23-17-25-60-63(54)70-64(57-41-51(68-10)27-29-62(57)73)72(60)53-39-49(66(4,5)6)38-50(40-53)67(7,8)9)32-47(34-48)58-36-45(30-31-69-58)44-26-28-56-55-22-14-15-24-59(55)71(61(56)37-44)52-21-16-20-43(35-52)42-18-12-11-13-19-42;/h11-31,33-41,73H,1-9H3;/q-1;. The number of rotatable bonds is 7. The monoisotopic (exact) mass is 1140 g/mol. The van der Waals surface area contributed by atoms with Gasteiger partial charge in [-0.3, -0.25) is 9.55 Å². The molecule has 7 heteroatoms. The van der Waals surface area contributed by atoms with Crippen LogP contribution in [0.4, 0.5) is 5.69 Å². The van der Waals surface area contributed by atoms with Gasteiger partial charge in [0.2, 0.25) is 0 Å². The van der Waals surface area contributed by atoms with Gasteiger partial charge in [0.15, 0.2) is 5.69 Å². The first-order chi connectivity index (χ1) is 34.9. The summed E-state index contributed by atoms with van der Waals surface area (Å²) < 4.78 is 4.54. The second-order valence-electron chi connectivity index (χ2n) is 22.4. The van der Waals surface area contributed by atoms with Crippen molar-refractivity contribution in [3.63, 3.8) is 0 Å². The minimum absolute atomic E-state index is 0. The molecule has 0 unspecified atom stereocenters. The maximum atomic E-state index is 11.6. The van der Waals surface area contributed by atoms with Crippen molar-refractivity contribution in [2.75, 3.05) is 0 Å². The van der Waals surface area contributed by atoms with Crippen LogP contribution in [0.25, 0.3) is 105 Å². The van der Waals surface area contributed by atoms with Gasteiger partial charge in [-0.1, -0.05) is 177 Å². The van der Waals surface area contributed by atoms with Gasteiger partial charge < -0.3 is 9.67 Å². The minimum Gasteiger partial charge on any atom is -0.507 e. The summed E-state index contributed by atoms with van der Waals surface area (Å²) in [6.45, 7) is 28.0. The number of phenolic OH excluding ortho intramolecular Hbond substituents is 1. The van der Waals surface area contributed by atoms with E-state index in [1.165, 1.54) is 33.0 Å². The van der Waals surface area contributed by atoms with E-state index >= 15 is 0 Å². The predicted molar refractivity (Wildman–Crippen MR) is 303 cm³/mol. The summed E-state index contributed by atoms with van der Waals surface area (Å²) in [4.78, 5) is 14.2. The van der Waals surface area contributed by atoms with Gasteiger partial charge in [-0.15, -0.1) is 29.3 Å². The molecule has 0 saturated carbocycles. The zero-order chi connectivity index (χ0) is 51.0. The number of imidazole rings is 1. The first kappa shape index (κ1) is 49.7. The summed E-state index contributed by atoms with van der Waals surface area (Å²) in [5.41, 5.74) is 17.9. The second kappa shape index (κ2) is 18.9. The molecular weight excluding hydrogens is 1090 g/mol. The maximum Gasteiger partial charge on any atom is 0.188 e. The Morgan fingerprint density at radius 2 is 1.11 bits per heavy atom. The number of nitrogens with zero attached hydrogens (tertiary/aromatic N) is 5. The molecule has 0 aliphatic carbocycles. The van der Waals surface area contributed by atoms with Gasteiger partial charge in [0, 0.05) is 60.7 Å². The minimum atomic E-state index is -0.215. The van der Waals surface area contributed by atoms with Crippen molar-refractivity contribution < 1.29 is 26.2 Å². The van der Waals surface area contributed by atoms with E-state index in [2.05, 4.69) is 240 Å². The maximum absolute atomic E-state index is 11.6. The molecule has 0 fully saturated rings. The van der Waals surface area contributed by atoms with Crippen LogP contribution in [0.5, 0.6) is 5.75 Å². The van der Waals surface area contributed by atoms with Gasteiger partial charge in [0.1, 0.15) is 11.6 Å². The molecule has 0 radical (unpaired) electrons. The Morgan fingerprint density at radius 3 is 1.84 bits per heavy atom. The van der Waals surface area contributed by atoms with Crippen LogP contribution in [0, 0.1) is 12.6 Å². The van der Waals surface area contributed by atoms with Gasteiger partial charge in [-0.25, -0.2) is 9.83 Å². The molecule has 1 N–H and O–H groups in total. The Morgan fingerprint density at radius 1 is 0.486 bits per heavy atom. The van der Waals surface area contributed by atoms with Crippen molar-refractivity contribution in [1.29, 1.82) is 0 Å². The fraction of sp³-hybridized carbons (Fsp3) is 0.179. The van der Waals surface area contributed by atoms with E-state index in [0.717, 1.165) is 72.5 Å². The fourth-order valence-electron chi connectivity index (χ4n) is 10.1. The normalized spacial score (nSPS) is 12.1. The van der Waals surface area contributed by atoms with Crippen molar-refractivity contribution in [1.82, 2.24) is 19.1 Å². The third-order valence-electron chi connectivity index (χ3n) is 14.2. The topological polar surface area (TPSA) is 60.2 Å². The number of pyridine rings is 1. The van der Waals surface area contributed by atoms with E-state index in [9.17, 15) is 5.11 Å². The molecule has 11 rings (SSSR count). The van der Waals surface area contributed by atoms with E-state index < -0.39 is 0 Å². The van der Waals surface area contributed by atoms with Gasteiger partial charge in [0.25, 0.3) is 0 Å². The van der Waals surface area contributed by atoms with Gasteiger partial charge in [-0.2, -0.15) is 0 Å². The summed E-state index contributed by atoms with van der Waals surface area (Å²) in [5, 5.41) is 14.0. The Kier molecular flexibility index (Phi) is 12.7. The predicted octanol–water partition coefficient (Wildman–Crippen LogP) is 17.8. The number of phenols is 1. The molecule has 0 saturated heterocycles. The van der Waals surface area contributed by atoms with Crippen LogP contribution in [0.15, 0.2) is 182 Å². The van der Waals surface area contributed by atoms with Crippen LogP contribution in [-0.4, -0.2) is 24.2 Å². The molecule has 8 aromatic carbocycles. The number of hydrogen-bond donors (Lipinski definition) is 1. The molecular formula is C67H58N5OPt-. The quantitative estimate of drug-likeness (QED) is 0.162. The zero-order valence-corrected chi connectivity index (χ0v) is 45.6. The average molecular weight is 1140 g/mol. The number of fused-ring (bicyclic) bond motifs is 4. The Bertz CT molecular complexity index is 3970. The van der Waals surface area contributed by atoms with Gasteiger partial charge in [0.05, 0.1) is 28.6 Å². The molecule has 0 spiro atoms. The largest absolute Gasteiger partial charge is 0.507 e. The van der Waals surface area contributed by atoms with Crippen molar-refractivity contribution in [2.45, 2.75) is 78.6 Å². The Balaban J connectivity index is 0.00000626. The number of hydrogen-bond acceptors (Lipinski definition) is 3. The first-order valence-electron chi connectivity index (χ1n) is 25.1. The van der Waals surface area contributed by atoms with E-state index in [-0.39, 0.29) is 43.1 Å². The summed E-state index contributed by atoms with van der Waals surface area (Å²) >= 11 is 0. The van der Waals surface area contributed by atoms with Crippen molar-refractivity contribution in [3.05, 3.63) is 216 Å². The molecule has 368 valence electrons. The fourth-order valence-corrected chi connectivity index (χ4v) is 10.1. The third-order valence-corrected chi connectivity index (χ3v) is 14.2. The van der Waals surface area contributed by atoms with Gasteiger partial charge >= 0.3 is 0 Å². The molecule has 0 aliphatic rings. The number of para-hydroxylation sites is 2. The summed E-state index contributed by atoms with van der Waals surface area (Å²) in [6.07, 6.45) is 1.90. The molecule has 6 nitrogen and oxygen atoms in total. The summed E-state index contributed by atoms with van der Waals surface area (Å²) in [6, 6.07) is 65.4. The number of aromatic hydroxyl groups is 1. The van der Waals surface area contributed by atoms with Crippen LogP contribution in [0.3, 0.4) is 0 Å². The van der Waals surface area contributed by atoms with Crippen LogP contribution < -0.4 is 0 Å². The molecule has 0 amide bonds. The molecule has 74 heavy (non-hydrogen) atoms.